The minimum Gasteiger partial charge on any atom is -0.311 e. The highest BCUT2D eigenvalue weighted by atomic mass is 35.5. The Morgan fingerprint density at radius 2 is 2.17 bits per heavy atom. The number of halogens is 2. The number of likely N-dealkylation sites (N-methyl/N-ethyl adjacent to an activating group) is 1. The lowest BCUT2D eigenvalue weighted by molar-refractivity contribution is 0.565. The Kier molecular flexibility index (Phi) is 4.28. The average Bonchev–Trinajstić information content (AvgIpc) is 2.37. The van der Waals surface area contributed by atoms with E-state index in [-0.39, 0.29) is 11.9 Å². The predicted molar refractivity (Wildman–Crippen MR) is 71.2 cm³/mol. The summed E-state index contributed by atoms with van der Waals surface area (Å²) in [6.45, 7) is 0. The molecular formula is C14H14ClFN2. The monoisotopic (exact) mass is 264 g/mol. The molecule has 0 aliphatic rings. The van der Waals surface area contributed by atoms with Gasteiger partial charge in [-0.3, -0.25) is 4.98 Å². The fourth-order valence-electron chi connectivity index (χ4n) is 1.85. The third kappa shape index (κ3) is 3.28. The molecule has 0 radical (unpaired) electrons. The molecule has 0 saturated heterocycles. The molecule has 2 nitrogen and oxygen atoms in total. The Labute approximate surface area is 111 Å². The van der Waals surface area contributed by atoms with E-state index in [1.54, 1.807) is 6.07 Å². The molecule has 0 aliphatic carbocycles. The molecule has 4 heteroatoms. The molecule has 1 aromatic heterocycles. The number of nitrogens with zero attached hydrogens (tertiary/aromatic N) is 1. The summed E-state index contributed by atoms with van der Waals surface area (Å²) in [6.07, 6.45) is 1.99. The number of benzene rings is 1. The van der Waals surface area contributed by atoms with E-state index in [4.69, 9.17) is 11.6 Å². The molecule has 0 aliphatic heterocycles. The largest absolute Gasteiger partial charge is 0.311 e. The average molecular weight is 265 g/mol. The van der Waals surface area contributed by atoms with Crippen molar-refractivity contribution in [2.75, 3.05) is 7.05 Å². The Bertz CT molecular complexity index is 513. The molecule has 0 saturated carbocycles. The third-order valence-electron chi connectivity index (χ3n) is 2.78. The lowest BCUT2D eigenvalue weighted by Crippen LogP contribution is -2.20. The first-order chi connectivity index (χ1) is 8.69. The Morgan fingerprint density at radius 3 is 2.78 bits per heavy atom. The number of pyridine rings is 1. The Morgan fingerprint density at radius 1 is 1.33 bits per heavy atom. The maximum absolute atomic E-state index is 12.8. The van der Waals surface area contributed by atoms with Crippen LogP contribution in [-0.4, -0.2) is 12.0 Å². The molecule has 0 bridgehead atoms. The standard InChI is InChI=1S/C14H14ClFN2/c1-17-14(13-6-5-12(16)9-18-13)8-10-3-2-4-11(15)7-10/h2-7,9,14,17H,8H2,1H3. The van der Waals surface area contributed by atoms with Gasteiger partial charge in [-0.05, 0) is 43.3 Å². The van der Waals surface area contributed by atoms with Gasteiger partial charge in [-0.1, -0.05) is 23.7 Å². The van der Waals surface area contributed by atoms with Crippen molar-refractivity contribution in [2.24, 2.45) is 0 Å². The van der Waals surface area contributed by atoms with Gasteiger partial charge in [-0.15, -0.1) is 0 Å². The van der Waals surface area contributed by atoms with Crippen LogP contribution >= 0.6 is 11.6 Å². The Balaban J connectivity index is 2.17. The van der Waals surface area contributed by atoms with Crippen molar-refractivity contribution in [2.45, 2.75) is 12.5 Å². The van der Waals surface area contributed by atoms with E-state index in [1.807, 2.05) is 31.3 Å². The highest BCUT2D eigenvalue weighted by molar-refractivity contribution is 6.30. The fourth-order valence-corrected chi connectivity index (χ4v) is 2.06. The number of nitrogens with one attached hydrogen (secondary N) is 1. The number of hydrogen-bond donors (Lipinski definition) is 1. The third-order valence-corrected chi connectivity index (χ3v) is 3.02. The molecule has 2 rings (SSSR count). The molecule has 1 atom stereocenters. The van der Waals surface area contributed by atoms with Crippen LogP contribution in [0.3, 0.4) is 0 Å². The first-order valence-electron chi connectivity index (χ1n) is 5.72. The van der Waals surface area contributed by atoms with Crippen LogP contribution < -0.4 is 5.32 Å². The van der Waals surface area contributed by atoms with Gasteiger partial charge in [0.05, 0.1) is 17.9 Å². The summed E-state index contributed by atoms with van der Waals surface area (Å²) in [5, 5.41) is 3.89. The number of aromatic nitrogens is 1. The van der Waals surface area contributed by atoms with E-state index in [9.17, 15) is 4.39 Å². The van der Waals surface area contributed by atoms with Gasteiger partial charge < -0.3 is 5.32 Å². The van der Waals surface area contributed by atoms with Crippen molar-refractivity contribution in [3.05, 3.63) is 64.7 Å². The van der Waals surface area contributed by atoms with E-state index in [0.717, 1.165) is 22.7 Å². The maximum atomic E-state index is 12.8. The van der Waals surface area contributed by atoms with Gasteiger partial charge in [0.2, 0.25) is 0 Å². The maximum Gasteiger partial charge on any atom is 0.141 e. The first-order valence-corrected chi connectivity index (χ1v) is 6.10. The molecule has 0 amide bonds. The summed E-state index contributed by atoms with van der Waals surface area (Å²) in [5.41, 5.74) is 1.94. The lowest BCUT2D eigenvalue weighted by Gasteiger charge is -2.15. The van der Waals surface area contributed by atoms with Crippen molar-refractivity contribution in [1.82, 2.24) is 10.3 Å². The summed E-state index contributed by atoms with van der Waals surface area (Å²) in [6, 6.07) is 10.9. The molecule has 0 spiro atoms. The molecule has 18 heavy (non-hydrogen) atoms. The van der Waals surface area contributed by atoms with E-state index in [0.29, 0.717) is 0 Å². The summed E-state index contributed by atoms with van der Waals surface area (Å²) in [4.78, 5) is 4.10. The van der Waals surface area contributed by atoms with Crippen LogP contribution in [0.2, 0.25) is 5.02 Å². The topological polar surface area (TPSA) is 24.9 Å². The molecule has 1 N–H and O–H groups in total. The highest BCUT2D eigenvalue weighted by Crippen LogP contribution is 2.19. The quantitative estimate of drug-likeness (QED) is 0.916. The SMILES string of the molecule is CNC(Cc1cccc(Cl)c1)c1ccc(F)cn1. The predicted octanol–water partition coefficient (Wildman–Crippen LogP) is 3.38. The molecule has 1 heterocycles. The second-order valence-electron chi connectivity index (χ2n) is 4.08. The van der Waals surface area contributed by atoms with E-state index >= 15 is 0 Å². The fraction of sp³-hybridized carbons (Fsp3) is 0.214. The van der Waals surface area contributed by atoms with Crippen LogP contribution in [0.15, 0.2) is 42.6 Å². The molecule has 0 fully saturated rings. The molecule has 1 aromatic carbocycles. The minimum absolute atomic E-state index is 0.0454. The normalized spacial score (nSPS) is 12.4. The summed E-state index contributed by atoms with van der Waals surface area (Å²) < 4.78 is 12.8. The van der Waals surface area contributed by atoms with Crippen molar-refractivity contribution >= 4 is 11.6 Å². The minimum atomic E-state index is -0.323. The second-order valence-corrected chi connectivity index (χ2v) is 4.51. The smallest absolute Gasteiger partial charge is 0.141 e. The summed E-state index contributed by atoms with van der Waals surface area (Å²) >= 11 is 5.95. The van der Waals surface area contributed by atoms with Gasteiger partial charge in [0.15, 0.2) is 0 Å². The van der Waals surface area contributed by atoms with Crippen LogP contribution in [0, 0.1) is 5.82 Å². The van der Waals surface area contributed by atoms with Gasteiger partial charge in [0.25, 0.3) is 0 Å². The highest BCUT2D eigenvalue weighted by Gasteiger charge is 2.11. The van der Waals surface area contributed by atoms with Crippen molar-refractivity contribution in [3.8, 4) is 0 Å². The van der Waals surface area contributed by atoms with E-state index in [2.05, 4.69) is 10.3 Å². The van der Waals surface area contributed by atoms with Crippen LogP contribution in [0.4, 0.5) is 4.39 Å². The van der Waals surface area contributed by atoms with Gasteiger partial charge in [0, 0.05) is 5.02 Å². The summed E-state index contributed by atoms with van der Waals surface area (Å²) in [5.74, 6) is -0.323. The van der Waals surface area contributed by atoms with Gasteiger partial charge in [-0.2, -0.15) is 0 Å². The number of rotatable bonds is 4. The summed E-state index contributed by atoms with van der Waals surface area (Å²) in [7, 11) is 1.86. The molecule has 1 unspecified atom stereocenters. The molecular weight excluding hydrogens is 251 g/mol. The number of hydrogen-bond acceptors (Lipinski definition) is 2. The second kappa shape index (κ2) is 5.94. The zero-order valence-electron chi connectivity index (χ0n) is 10.0. The molecule has 94 valence electrons. The van der Waals surface area contributed by atoms with Crippen molar-refractivity contribution < 1.29 is 4.39 Å². The van der Waals surface area contributed by atoms with Crippen LogP contribution in [0.25, 0.3) is 0 Å². The Hall–Kier alpha value is -1.45. The van der Waals surface area contributed by atoms with Crippen molar-refractivity contribution in [1.29, 1.82) is 0 Å². The van der Waals surface area contributed by atoms with E-state index in [1.165, 1.54) is 12.3 Å². The lowest BCUT2D eigenvalue weighted by atomic mass is 10.0. The zero-order valence-corrected chi connectivity index (χ0v) is 10.8. The van der Waals surface area contributed by atoms with Crippen LogP contribution in [0.1, 0.15) is 17.3 Å². The molecule has 2 aromatic rings. The van der Waals surface area contributed by atoms with Gasteiger partial charge in [0.1, 0.15) is 5.82 Å². The van der Waals surface area contributed by atoms with Gasteiger partial charge in [-0.25, -0.2) is 4.39 Å². The first kappa shape index (κ1) is 13.0. The van der Waals surface area contributed by atoms with E-state index < -0.39 is 0 Å². The van der Waals surface area contributed by atoms with Gasteiger partial charge >= 0.3 is 0 Å². The van der Waals surface area contributed by atoms with Crippen LogP contribution in [-0.2, 0) is 6.42 Å². The van der Waals surface area contributed by atoms with Crippen LogP contribution in [0.5, 0.6) is 0 Å². The van der Waals surface area contributed by atoms with Crippen molar-refractivity contribution in [3.63, 3.8) is 0 Å². The zero-order chi connectivity index (χ0) is 13.0.